The van der Waals surface area contributed by atoms with Crippen molar-refractivity contribution in [2.75, 3.05) is 0 Å². The molecule has 0 aromatic heterocycles. The van der Waals surface area contributed by atoms with Crippen molar-refractivity contribution in [2.24, 2.45) is 5.41 Å². The lowest BCUT2D eigenvalue weighted by Gasteiger charge is -2.11. The number of nitrogens with one attached hydrogen (secondary N) is 1. The average molecular weight is 243 g/mol. The molecule has 1 amide bonds. The Morgan fingerprint density at radius 2 is 1.83 bits per heavy atom. The molecule has 2 nitrogen and oxygen atoms in total. The smallest absolute Gasteiger partial charge is 0.251 e. The fraction of sp³-hybridized carbons (Fsp3) is 0.438. The van der Waals surface area contributed by atoms with Gasteiger partial charge >= 0.3 is 0 Å². The molecule has 1 fully saturated rings. The lowest BCUT2D eigenvalue weighted by molar-refractivity contribution is 0.0951. The van der Waals surface area contributed by atoms with Crippen LogP contribution in [0.5, 0.6) is 0 Å². The molecule has 1 aliphatic rings. The van der Waals surface area contributed by atoms with Gasteiger partial charge in [-0.2, -0.15) is 0 Å². The van der Waals surface area contributed by atoms with Crippen molar-refractivity contribution in [1.29, 1.82) is 0 Å². The molecule has 1 aromatic rings. The summed E-state index contributed by atoms with van der Waals surface area (Å²) in [5.41, 5.74) is 2.06. The third-order valence-corrected chi connectivity index (χ3v) is 2.86. The highest BCUT2D eigenvalue weighted by molar-refractivity contribution is 5.94. The monoisotopic (exact) mass is 243 g/mol. The minimum Gasteiger partial charge on any atom is -0.349 e. The maximum Gasteiger partial charge on any atom is 0.251 e. The van der Waals surface area contributed by atoms with E-state index in [1.54, 1.807) is 0 Å². The van der Waals surface area contributed by atoms with Crippen LogP contribution in [0.3, 0.4) is 0 Å². The largest absolute Gasteiger partial charge is 0.349 e. The van der Waals surface area contributed by atoms with Crippen LogP contribution in [-0.2, 0) is 0 Å². The minimum atomic E-state index is 0.0452. The summed E-state index contributed by atoms with van der Waals surface area (Å²) in [7, 11) is 0. The Morgan fingerprint density at radius 3 is 2.33 bits per heavy atom. The minimum absolute atomic E-state index is 0.0452. The number of carbonyl (C=O) groups excluding carboxylic acids is 1. The number of carbonyl (C=O) groups is 1. The molecule has 1 aromatic carbocycles. The second-order valence-corrected chi connectivity index (χ2v) is 6.07. The zero-order valence-electron chi connectivity index (χ0n) is 11.4. The summed E-state index contributed by atoms with van der Waals surface area (Å²) in [5.74, 6) is 0.0452. The molecule has 18 heavy (non-hydrogen) atoms. The van der Waals surface area contributed by atoms with Crippen LogP contribution < -0.4 is 5.32 Å². The van der Waals surface area contributed by atoms with Crippen LogP contribution in [0.4, 0.5) is 0 Å². The molecular formula is C16H21NO. The van der Waals surface area contributed by atoms with Crippen LogP contribution in [0.15, 0.2) is 30.3 Å². The molecule has 0 unspecified atom stereocenters. The van der Waals surface area contributed by atoms with Crippen molar-refractivity contribution in [3.05, 3.63) is 41.5 Å². The summed E-state index contributed by atoms with van der Waals surface area (Å²) >= 11 is 0. The Balaban J connectivity index is 2.00. The van der Waals surface area contributed by atoms with Gasteiger partial charge in [-0.1, -0.05) is 45.1 Å². The lowest BCUT2D eigenvalue weighted by Crippen LogP contribution is -2.25. The Kier molecular flexibility index (Phi) is 3.55. The van der Waals surface area contributed by atoms with Crippen LogP contribution in [0, 0.1) is 5.41 Å². The Bertz CT molecular complexity index is 447. The molecule has 1 N–H and O–H groups in total. The van der Waals surface area contributed by atoms with Crippen molar-refractivity contribution in [3.63, 3.8) is 0 Å². The van der Waals surface area contributed by atoms with Crippen LogP contribution in [0.25, 0.3) is 6.08 Å². The maximum atomic E-state index is 11.8. The van der Waals surface area contributed by atoms with Crippen molar-refractivity contribution in [1.82, 2.24) is 5.32 Å². The zero-order valence-corrected chi connectivity index (χ0v) is 11.4. The van der Waals surface area contributed by atoms with Crippen LogP contribution in [0.2, 0.25) is 0 Å². The highest BCUT2D eigenvalue weighted by Gasteiger charge is 2.23. The molecule has 0 bridgehead atoms. The number of amides is 1. The first-order valence-electron chi connectivity index (χ1n) is 6.54. The SMILES string of the molecule is CC(C)(C)/C=C/c1ccc(C(=O)NC2CC2)cc1. The van der Waals surface area contributed by atoms with E-state index in [0.717, 1.165) is 24.0 Å². The first-order chi connectivity index (χ1) is 8.44. The highest BCUT2D eigenvalue weighted by Crippen LogP contribution is 2.20. The molecule has 2 rings (SSSR count). The molecule has 96 valence electrons. The molecule has 0 heterocycles. The Morgan fingerprint density at radius 1 is 1.22 bits per heavy atom. The van der Waals surface area contributed by atoms with Gasteiger partial charge in [0.05, 0.1) is 0 Å². The third kappa shape index (κ3) is 4.02. The summed E-state index contributed by atoms with van der Waals surface area (Å²) in [5, 5.41) is 2.99. The second-order valence-electron chi connectivity index (χ2n) is 6.07. The number of hydrogen-bond acceptors (Lipinski definition) is 1. The first kappa shape index (κ1) is 12.9. The van der Waals surface area contributed by atoms with Crippen LogP contribution >= 0.6 is 0 Å². The van der Waals surface area contributed by atoms with Gasteiger partial charge in [0, 0.05) is 11.6 Å². The zero-order chi connectivity index (χ0) is 13.2. The van der Waals surface area contributed by atoms with Gasteiger partial charge in [0.25, 0.3) is 5.91 Å². The molecule has 1 aliphatic carbocycles. The molecule has 0 spiro atoms. The standard InChI is InChI=1S/C16H21NO/c1-16(2,3)11-10-12-4-6-13(7-5-12)15(18)17-14-8-9-14/h4-7,10-11,14H,8-9H2,1-3H3,(H,17,18)/b11-10+. The van der Waals surface area contributed by atoms with E-state index in [2.05, 4.69) is 38.2 Å². The summed E-state index contributed by atoms with van der Waals surface area (Å²) < 4.78 is 0. The molecule has 0 radical (unpaired) electrons. The van der Waals surface area contributed by atoms with Crippen LogP contribution in [0.1, 0.15) is 49.5 Å². The van der Waals surface area contributed by atoms with E-state index in [9.17, 15) is 4.79 Å². The van der Waals surface area contributed by atoms with Gasteiger partial charge in [-0.05, 0) is 36.0 Å². The van der Waals surface area contributed by atoms with Gasteiger partial charge < -0.3 is 5.32 Å². The third-order valence-electron chi connectivity index (χ3n) is 2.86. The fourth-order valence-corrected chi connectivity index (χ4v) is 1.59. The van der Waals surface area contributed by atoms with E-state index in [-0.39, 0.29) is 11.3 Å². The fourth-order valence-electron chi connectivity index (χ4n) is 1.59. The summed E-state index contributed by atoms with van der Waals surface area (Å²) in [6.07, 6.45) is 6.52. The molecule has 2 heteroatoms. The first-order valence-corrected chi connectivity index (χ1v) is 6.54. The molecule has 1 saturated carbocycles. The number of allylic oxidation sites excluding steroid dienone is 1. The van der Waals surface area contributed by atoms with Gasteiger partial charge in [-0.3, -0.25) is 4.79 Å². The van der Waals surface area contributed by atoms with Crippen molar-refractivity contribution < 1.29 is 4.79 Å². The quantitative estimate of drug-likeness (QED) is 0.862. The van der Waals surface area contributed by atoms with E-state index >= 15 is 0 Å². The molecule has 0 atom stereocenters. The predicted molar refractivity (Wildman–Crippen MR) is 75.4 cm³/mol. The Labute approximate surface area is 109 Å². The van der Waals surface area contributed by atoms with E-state index < -0.39 is 0 Å². The van der Waals surface area contributed by atoms with Crippen LogP contribution in [-0.4, -0.2) is 11.9 Å². The molecule has 0 saturated heterocycles. The summed E-state index contributed by atoms with van der Waals surface area (Å²) in [6.45, 7) is 6.50. The van der Waals surface area contributed by atoms with Gasteiger partial charge in [-0.25, -0.2) is 0 Å². The van der Waals surface area contributed by atoms with E-state index in [0.29, 0.717) is 6.04 Å². The number of benzene rings is 1. The van der Waals surface area contributed by atoms with Crippen molar-refractivity contribution >= 4 is 12.0 Å². The van der Waals surface area contributed by atoms with Gasteiger partial charge in [-0.15, -0.1) is 0 Å². The molecule has 0 aliphatic heterocycles. The average Bonchev–Trinajstić information content (AvgIpc) is 3.10. The topological polar surface area (TPSA) is 29.1 Å². The van der Waals surface area contributed by atoms with Crippen molar-refractivity contribution in [3.8, 4) is 0 Å². The maximum absolute atomic E-state index is 11.8. The van der Waals surface area contributed by atoms with E-state index in [4.69, 9.17) is 0 Å². The predicted octanol–water partition coefficient (Wildman–Crippen LogP) is 3.64. The van der Waals surface area contributed by atoms with Gasteiger partial charge in [0.2, 0.25) is 0 Å². The normalized spacial score (nSPS) is 15.9. The lowest BCUT2D eigenvalue weighted by atomic mass is 9.95. The Hall–Kier alpha value is -1.57. The highest BCUT2D eigenvalue weighted by atomic mass is 16.1. The second kappa shape index (κ2) is 4.97. The van der Waals surface area contributed by atoms with E-state index in [1.165, 1.54) is 0 Å². The van der Waals surface area contributed by atoms with Crippen molar-refractivity contribution in [2.45, 2.75) is 39.7 Å². The van der Waals surface area contributed by atoms with Gasteiger partial charge in [0.15, 0.2) is 0 Å². The number of rotatable bonds is 3. The van der Waals surface area contributed by atoms with E-state index in [1.807, 2.05) is 24.3 Å². The number of hydrogen-bond donors (Lipinski definition) is 1. The summed E-state index contributed by atoms with van der Waals surface area (Å²) in [6, 6.07) is 8.17. The molecular weight excluding hydrogens is 222 g/mol. The summed E-state index contributed by atoms with van der Waals surface area (Å²) in [4.78, 5) is 11.8. The van der Waals surface area contributed by atoms with Gasteiger partial charge in [0.1, 0.15) is 0 Å².